The average Bonchev–Trinajstić information content (AvgIpc) is 2.80. The van der Waals surface area contributed by atoms with Gasteiger partial charge < -0.3 is 8.37 Å². The molecule has 0 saturated carbocycles. The van der Waals surface area contributed by atoms with Crippen LogP contribution in [-0.2, 0) is 28.6 Å². The minimum Gasteiger partial charge on any atom is -0.324 e. The molecule has 0 radical (unpaired) electrons. The Morgan fingerprint density at radius 2 is 0.882 bits per heavy atom. The van der Waals surface area contributed by atoms with Crippen molar-refractivity contribution >= 4 is 20.2 Å². The highest BCUT2D eigenvalue weighted by molar-refractivity contribution is 7.87. The molecule has 0 unspecified atom stereocenters. The zero-order valence-electron chi connectivity index (χ0n) is 19.5. The molecule has 34 heavy (non-hydrogen) atoms. The summed E-state index contributed by atoms with van der Waals surface area (Å²) in [6.45, 7) is 3.76. The number of hydrogen-bond acceptors (Lipinski definition) is 6. The molecule has 0 aromatic heterocycles. The van der Waals surface area contributed by atoms with Crippen molar-refractivity contribution in [2.75, 3.05) is 0 Å². The summed E-state index contributed by atoms with van der Waals surface area (Å²) in [4.78, 5) is 0.188. The molecule has 0 heterocycles. The molecule has 2 aromatic carbocycles. The fraction of sp³-hybridized carbons (Fsp3) is 0.385. The van der Waals surface area contributed by atoms with Crippen molar-refractivity contribution in [1.82, 2.24) is 0 Å². The molecule has 0 aliphatic carbocycles. The lowest BCUT2D eigenvalue weighted by Gasteiger charge is -2.01. The van der Waals surface area contributed by atoms with Gasteiger partial charge in [0.2, 0.25) is 0 Å². The molecule has 0 atom stereocenters. The van der Waals surface area contributed by atoms with Gasteiger partial charge in [0.05, 0.1) is 0 Å². The van der Waals surface area contributed by atoms with E-state index in [1.165, 1.54) is 24.3 Å². The summed E-state index contributed by atoms with van der Waals surface area (Å²) in [6.07, 6.45) is 11.5. The molecule has 0 spiro atoms. The molecule has 0 N–H and O–H groups in total. The molecule has 0 amide bonds. The van der Waals surface area contributed by atoms with Crippen molar-refractivity contribution in [2.45, 2.75) is 75.0 Å². The van der Waals surface area contributed by atoms with E-state index in [1.807, 2.05) is 13.8 Å². The van der Waals surface area contributed by atoms with Crippen LogP contribution in [0.4, 0.5) is 0 Å². The van der Waals surface area contributed by atoms with Crippen LogP contribution >= 0.6 is 0 Å². The summed E-state index contributed by atoms with van der Waals surface area (Å²) < 4.78 is 57.5. The molecule has 6 nitrogen and oxygen atoms in total. The van der Waals surface area contributed by atoms with Gasteiger partial charge in [-0.05, 0) is 51.0 Å². The monoisotopic (exact) mass is 502 g/mol. The first-order valence-electron chi connectivity index (χ1n) is 11.2. The fourth-order valence-electron chi connectivity index (χ4n) is 2.91. The summed E-state index contributed by atoms with van der Waals surface area (Å²) in [7, 11) is -7.69. The van der Waals surface area contributed by atoms with Crippen LogP contribution in [0.25, 0.3) is 0 Å². The van der Waals surface area contributed by atoms with Gasteiger partial charge in [0, 0.05) is 12.8 Å². The van der Waals surface area contributed by atoms with Crippen LogP contribution in [0.3, 0.4) is 0 Å². The van der Waals surface area contributed by atoms with Crippen molar-refractivity contribution < 1.29 is 25.2 Å². The van der Waals surface area contributed by atoms with Crippen molar-refractivity contribution in [1.29, 1.82) is 0 Å². The molecule has 2 aromatic rings. The van der Waals surface area contributed by atoms with Gasteiger partial charge in [0.1, 0.15) is 22.0 Å². The highest BCUT2D eigenvalue weighted by Crippen LogP contribution is 2.14. The Balaban J connectivity index is 1.52. The van der Waals surface area contributed by atoms with Crippen LogP contribution < -0.4 is 0 Å². The van der Waals surface area contributed by atoms with E-state index in [0.717, 1.165) is 49.7 Å². The van der Waals surface area contributed by atoms with Gasteiger partial charge in [-0.2, -0.15) is 16.8 Å². The van der Waals surface area contributed by atoms with E-state index in [-0.39, 0.29) is 9.79 Å². The zero-order chi connectivity index (χ0) is 24.9. The lowest BCUT2D eigenvalue weighted by molar-refractivity contribution is 0.463. The largest absolute Gasteiger partial charge is 0.347 e. The van der Waals surface area contributed by atoms with Crippen LogP contribution in [-0.4, -0.2) is 16.8 Å². The maximum Gasteiger partial charge on any atom is 0.347 e. The van der Waals surface area contributed by atoms with E-state index in [0.29, 0.717) is 12.8 Å². The average molecular weight is 503 g/mol. The third-order valence-electron chi connectivity index (χ3n) is 4.92. The summed E-state index contributed by atoms with van der Waals surface area (Å²) in [6, 6.07) is 12.8. The van der Waals surface area contributed by atoms with Gasteiger partial charge in [0.15, 0.2) is 0 Å². The lowest BCUT2D eigenvalue weighted by Crippen LogP contribution is -2.02. The maximum atomic E-state index is 12.0. The molecule has 0 aliphatic heterocycles. The Morgan fingerprint density at radius 1 is 0.559 bits per heavy atom. The van der Waals surface area contributed by atoms with Gasteiger partial charge >= 0.3 is 20.2 Å². The van der Waals surface area contributed by atoms with Gasteiger partial charge in [0.25, 0.3) is 0 Å². The standard InChI is InChI=1S/C26H30O6S2/c1-23-13-17-25(18-14-23)33(27,28)31-21-11-9-7-5-3-4-6-8-10-12-22-32-34(29,30)26-19-15-24(2)16-20-26/h13-20H,3-10H2,1-2H3. The predicted molar refractivity (Wildman–Crippen MR) is 131 cm³/mol. The Labute approximate surface area is 203 Å². The van der Waals surface area contributed by atoms with E-state index >= 15 is 0 Å². The Bertz CT molecular complexity index is 1140. The van der Waals surface area contributed by atoms with Crippen LogP contribution in [0.5, 0.6) is 0 Å². The third-order valence-corrected chi connectivity index (χ3v) is 7.22. The van der Waals surface area contributed by atoms with Crippen LogP contribution in [0.15, 0.2) is 58.3 Å². The first-order valence-corrected chi connectivity index (χ1v) is 14.0. The number of rotatable bonds is 11. The molecular weight excluding hydrogens is 472 g/mol. The number of unbranched alkanes of at least 4 members (excludes halogenated alkanes) is 7. The second-order valence-electron chi connectivity index (χ2n) is 7.88. The molecule has 182 valence electrons. The zero-order valence-corrected chi connectivity index (χ0v) is 21.2. The summed E-state index contributed by atoms with van der Waals surface area (Å²) in [5.74, 6) is 5.48. The molecule has 8 heteroatoms. The number of benzene rings is 2. The number of hydrogen-bond donors (Lipinski definition) is 0. The van der Waals surface area contributed by atoms with E-state index in [1.54, 1.807) is 24.3 Å². The first-order chi connectivity index (χ1) is 16.2. The molecule has 2 rings (SSSR count). The van der Waals surface area contributed by atoms with E-state index < -0.39 is 20.2 Å². The second kappa shape index (κ2) is 13.7. The lowest BCUT2D eigenvalue weighted by atomic mass is 10.1. The minimum atomic E-state index is -3.84. The summed E-state index contributed by atoms with van der Waals surface area (Å²) in [5, 5.41) is 0. The van der Waals surface area contributed by atoms with Crippen molar-refractivity contribution in [3.8, 4) is 24.1 Å². The second-order valence-corrected chi connectivity index (χ2v) is 11.0. The van der Waals surface area contributed by atoms with E-state index in [4.69, 9.17) is 8.37 Å². The van der Waals surface area contributed by atoms with Crippen molar-refractivity contribution in [3.05, 3.63) is 59.7 Å². The quantitative estimate of drug-likeness (QED) is 0.230. The molecule has 0 aliphatic rings. The van der Waals surface area contributed by atoms with Gasteiger partial charge in [-0.3, -0.25) is 0 Å². The number of aryl methyl sites for hydroxylation is 2. The van der Waals surface area contributed by atoms with Crippen molar-refractivity contribution in [3.63, 3.8) is 0 Å². The highest BCUT2D eigenvalue weighted by atomic mass is 32.2. The molecule has 0 bridgehead atoms. The molecule has 0 saturated heterocycles. The Kier molecular flexibility index (Phi) is 11.0. The van der Waals surface area contributed by atoms with Gasteiger partial charge in [-0.25, -0.2) is 0 Å². The summed E-state index contributed by atoms with van der Waals surface area (Å²) >= 11 is 0. The van der Waals surface area contributed by atoms with E-state index in [9.17, 15) is 16.8 Å². The third kappa shape index (κ3) is 9.91. The Morgan fingerprint density at radius 3 is 1.24 bits per heavy atom. The normalized spacial score (nSPS) is 11.0. The molecular formula is C26H30O6S2. The van der Waals surface area contributed by atoms with Crippen LogP contribution in [0, 0.1) is 37.9 Å². The topological polar surface area (TPSA) is 86.7 Å². The SMILES string of the molecule is Cc1ccc(S(=O)(=O)OC#CCCCCCCCCC#COS(=O)(=O)c2ccc(C)cc2)cc1. The smallest absolute Gasteiger partial charge is 0.324 e. The maximum absolute atomic E-state index is 12.0. The minimum absolute atomic E-state index is 0.0940. The van der Waals surface area contributed by atoms with E-state index in [2.05, 4.69) is 24.1 Å². The van der Waals surface area contributed by atoms with Crippen molar-refractivity contribution in [2.24, 2.45) is 0 Å². The Hall–Kier alpha value is -2.94. The molecule has 0 fully saturated rings. The summed E-state index contributed by atoms with van der Waals surface area (Å²) in [5.41, 5.74) is 1.94. The highest BCUT2D eigenvalue weighted by Gasteiger charge is 2.14. The van der Waals surface area contributed by atoms with Crippen LogP contribution in [0.1, 0.15) is 62.5 Å². The van der Waals surface area contributed by atoms with Gasteiger partial charge in [-0.1, -0.05) is 72.9 Å². The van der Waals surface area contributed by atoms with Gasteiger partial charge in [-0.15, -0.1) is 0 Å². The first kappa shape index (κ1) is 27.3. The predicted octanol–water partition coefficient (Wildman–Crippen LogP) is 5.46. The fourth-order valence-corrected chi connectivity index (χ4v) is 4.38. The van der Waals surface area contributed by atoms with Crippen LogP contribution in [0.2, 0.25) is 0 Å².